The van der Waals surface area contributed by atoms with Crippen LogP contribution < -0.4 is 16.3 Å². The van der Waals surface area contributed by atoms with E-state index in [0.717, 1.165) is 11.8 Å². The second-order valence-corrected chi connectivity index (χ2v) is 6.35. The molecule has 0 atom stereocenters. The third kappa shape index (κ3) is 3.58. The van der Waals surface area contributed by atoms with Crippen LogP contribution in [0.1, 0.15) is 23.7 Å². The first kappa shape index (κ1) is 17.2. The summed E-state index contributed by atoms with van der Waals surface area (Å²) in [5.74, 6) is -0.380. The van der Waals surface area contributed by atoms with Gasteiger partial charge in [0.25, 0.3) is 5.91 Å². The van der Waals surface area contributed by atoms with Crippen LogP contribution in [-0.2, 0) is 0 Å². The third-order valence-electron chi connectivity index (χ3n) is 3.72. The topological polar surface area (TPSA) is 71.3 Å². The Kier molecular flexibility index (Phi) is 5.19. The van der Waals surface area contributed by atoms with E-state index in [2.05, 4.69) is 26.6 Å². The SMILES string of the molecule is CCCNc1c(NC(=O)c2ccccc2Br)c(=O)oc2ccccc12. The summed E-state index contributed by atoms with van der Waals surface area (Å²) in [5.41, 5.74) is 1.03. The predicted octanol–water partition coefficient (Wildman–Crippen LogP) is 4.63. The minimum absolute atomic E-state index is 0.118. The standard InChI is InChI=1S/C19H17BrN2O3/c1-2-11-21-16-13-8-4-6-10-15(13)25-19(24)17(16)22-18(23)12-7-3-5-9-14(12)20/h3-10,21H,2,11H2,1H3,(H,22,23). The first-order valence-corrected chi connectivity index (χ1v) is 8.76. The van der Waals surface area contributed by atoms with Gasteiger partial charge in [-0.2, -0.15) is 0 Å². The van der Waals surface area contributed by atoms with Crippen LogP contribution in [-0.4, -0.2) is 12.5 Å². The van der Waals surface area contributed by atoms with Crippen molar-refractivity contribution in [2.45, 2.75) is 13.3 Å². The van der Waals surface area contributed by atoms with Gasteiger partial charge in [-0.05, 0) is 46.6 Å². The van der Waals surface area contributed by atoms with Gasteiger partial charge in [0.15, 0.2) is 5.69 Å². The highest BCUT2D eigenvalue weighted by Crippen LogP contribution is 2.29. The molecule has 3 aromatic rings. The van der Waals surface area contributed by atoms with Gasteiger partial charge < -0.3 is 15.1 Å². The van der Waals surface area contributed by atoms with E-state index in [1.807, 2.05) is 25.1 Å². The summed E-state index contributed by atoms with van der Waals surface area (Å²) < 4.78 is 6.01. The van der Waals surface area contributed by atoms with Crippen LogP contribution in [0.3, 0.4) is 0 Å². The fourth-order valence-electron chi connectivity index (χ4n) is 2.52. The number of amides is 1. The van der Waals surface area contributed by atoms with Crippen LogP contribution >= 0.6 is 15.9 Å². The molecule has 0 saturated heterocycles. The molecule has 0 aliphatic rings. The molecule has 128 valence electrons. The highest BCUT2D eigenvalue weighted by molar-refractivity contribution is 9.10. The molecule has 0 radical (unpaired) electrons. The Morgan fingerprint density at radius 1 is 1.08 bits per heavy atom. The van der Waals surface area contributed by atoms with E-state index in [1.54, 1.807) is 30.3 Å². The first-order valence-electron chi connectivity index (χ1n) is 7.97. The zero-order valence-corrected chi connectivity index (χ0v) is 15.2. The highest BCUT2D eigenvalue weighted by atomic mass is 79.9. The summed E-state index contributed by atoms with van der Waals surface area (Å²) in [6.45, 7) is 2.70. The molecule has 1 amide bonds. The van der Waals surface area contributed by atoms with Crippen molar-refractivity contribution < 1.29 is 9.21 Å². The van der Waals surface area contributed by atoms with E-state index in [-0.39, 0.29) is 11.6 Å². The number of rotatable bonds is 5. The molecule has 2 N–H and O–H groups in total. The van der Waals surface area contributed by atoms with Crippen LogP contribution in [0.5, 0.6) is 0 Å². The van der Waals surface area contributed by atoms with Crippen LogP contribution in [0.25, 0.3) is 11.0 Å². The minimum Gasteiger partial charge on any atom is -0.421 e. The van der Waals surface area contributed by atoms with E-state index in [0.29, 0.717) is 27.9 Å². The van der Waals surface area contributed by atoms with E-state index in [1.165, 1.54) is 0 Å². The molecule has 2 aromatic carbocycles. The van der Waals surface area contributed by atoms with E-state index >= 15 is 0 Å². The third-order valence-corrected chi connectivity index (χ3v) is 4.41. The number of nitrogens with one attached hydrogen (secondary N) is 2. The van der Waals surface area contributed by atoms with Crippen LogP contribution in [0, 0.1) is 0 Å². The van der Waals surface area contributed by atoms with Gasteiger partial charge in [-0.25, -0.2) is 4.79 Å². The second-order valence-electron chi connectivity index (χ2n) is 5.50. The number of benzene rings is 2. The van der Waals surface area contributed by atoms with E-state index in [9.17, 15) is 9.59 Å². The molecule has 25 heavy (non-hydrogen) atoms. The normalized spacial score (nSPS) is 10.6. The van der Waals surface area contributed by atoms with Gasteiger partial charge in [-0.3, -0.25) is 4.79 Å². The monoisotopic (exact) mass is 400 g/mol. The molecular formula is C19H17BrN2O3. The van der Waals surface area contributed by atoms with Crippen molar-refractivity contribution in [2.24, 2.45) is 0 Å². The van der Waals surface area contributed by atoms with Gasteiger partial charge in [0.1, 0.15) is 5.58 Å². The molecule has 0 spiro atoms. The smallest absolute Gasteiger partial charge is 0.362 e. The maximum atomic E-state index is 12.6. The Labute approximate surface area is 153 Å². The summed E-state index contributed by atoms with van der Waals surface area (Å²) in [5, 5.41) is 6.68. The van der Waals surface area contributed by atoms with Crippen molar-refractivity contribution in [3.8, 4) is 0 Å². The summed E-state index contributed by atoms with van der Waals surface area (Å²) in [6, 6.07) is 14.3. The predicted molar refractivity (Wildman–Crippen MR) is 103 cm³/mol. The van der Waals surface area contributed by atoms with Gasteiger partial charge >= 0.3 is 5.63 Å². The van der Waals surface area contributed by atoms with E-state index in [4.69, 9.17) is 4.42 Å². The zero-order chi connectivity index (χ0) is 17.8. The fourth-order valence-corrected chi connectivity index (χ4v) is 2.99. The van der Waals surface area contributed by atoms with Gasteiger partial charge in [-0.15, -0.1) is 0 Å². The minimum atomic E-state index is -0.585. The van der Waals surface area contributed by atoms with Crippen molar-refractivity contribution in [2.75, 3.05) is 17.2 Å². The number of carbonyl (C=O) groups is 1. The first-order chi connectivity index (χ1) is 12.1. The number of halogens is 1. The Hall–Kier alpha value is -2.60. The molecular weight excluding hydrogens is 384 g/mol. The molecule has 1 aromatic heterocycles. The van der Waals surface area contributed by atoms with Crippen LogP contribution in [0.4, 0.5) is 11.4 Å². The Morgan fingerprint density at radius 2 is 1.80 bits per heavy atom. The number of anilines is 2. The lowest BCUT2D eigenvalue weighted by atomic mass is 10.1. The van der Waals surface area contributed by atoms with Crippen molar-refractivity contribution in [1.82, 2.24) is 0 Å². The molecule has 1 heterocycles. The van der Waals surface area contributed by atoms with Crippen molar-refractivity contribution in [3.63, 3.8) is 0 Å². The maximum Gasteiger partial charge on any atom is 0.362 e. The molecule has 5 nitrogen and oxygen atoms in total. The average Bonchev–Trinajstić information content (AvgIpc) is 2.61. The van der Waals surface area contributed by atoms with E-state index < -0.39 is 5.63 Å². The largest absolute Gasteiger partial charge is 0.421 e. The zero-order valence-electron chi connectivity index (χ0n) is 13.6. The molecule has 0 bridgehead atoms. The van der Waals surface area contributed by atoms with Crippen LogP contribution in [0.15, 0.2) is 62.2 Å². The molecule has 0 unspecified atom stereocenters. The molecule has 3 rings (SSSR count). The molecule has 0 aliphatic carbocycles. The number of para-hydroxylation sites is 1. The summed E-state index contributed by atoms with van der Waals surface area (Å²) >= 11 is 3.35. The lowest BCUT2D eigenvalue weighted by Crippen LogP contribution is -2.20. The number of carbonyl (C=O) groups excluding carboxylic acids is 1. The van der Waals surface area contributed by atoms with Crippen LogP contribution in [0.2, 0.25) is 0 Å². The van der Waals surface area contributed by atoms with Crippen molar-refractivity contribution in [1.29, 1.82) is 0 Å². The van der Waals surface area contributed by atoms with Gasteiger partial charge in [0, 0.05) is 16.4 Å². The Morgan fingerprint density at radius 3 is 2.56 bits per heavy atom. The van der Waals surface area contributed by atoms with Crippen molar-refractivity contribution in [3.05, 3.63) is 69.0 Å². The molecule has 6 heteroatoms. The van der Waals surface area contributed by atoms with Gasteiger partial charge in [-0.1, -0.05) is 31.2 Å². The molecule has 0 fully saturated rings. The quantitative estimate of drug-likeness (QED) is 0.612. The maximum absolute atomic E-state index is 12.6. The fraction of sp³-hybridized carbons (Fsp3) is 0.158. The molecule has 0 aliphatic heterocycles. The average molecular weight is 401 g/mol. The lowest BCUT2D eigenvalue weighted by Gasteiger charge is -2.14. The Balaban J connectivity index is 2.08. The number of fused-ring (bicyclic) bond motifs is 1. The summed E-state index contributed by atoms with van der Waals surface area (Å²) in [4.78, 5) is 25.0. The lowest BCUT2D eigenvalue weighted by molar-refractivity contribution is 0.102. The van der Waals surface area contributed by atoms with Gasteiger partial charge in [0.05, 0.1) is 11.3 Å². The Bertz CT molecular complexity index is 982. The number of hydrogen-bond donors (Lipinski definition) is 2. The highest BCUT2D eigenvalue weighted by Gasteiger charge is 2.18. The summed E-state index contributed by atoms with van der Waals surface area (Å²) in [6.07, 6.45) is 0.881. The van der Waals surface area contributed by atoms with Crippen molar-refractivity contribution >= 4 is 44.2 Å². The second kappa shape index (κ2) is 7.53. The summed E-state index contributed by atoms with van der Waals surface area (Å²) in [7, 11) is 0. The molecule has 0 saturated carbocycles. The number of hydrogen-bond acceptors (Lipinski definition) is 4. The van der Waals surface area contributed by atoms with Gasteiger partial charge in [0.2, 0.25) is 0 Å².